The highest BCUT2D eigenvalue weighted by atomic mass is 35.5. The van der Waals surface area contributed by atoms with Crippen LogP contribution in [-0.4, -0.2) is 19.6 Å². The summed E-state index contributed by atoms with van der Waals surface area (Å²) in [5.41, 5.74) is -0.621. The van der Waals surface area contributed by atoms with Gasteiger partial charge in [-0.25, -0.2) is 4.39 Å². The summed E-state index contributed by atoms with van der Waals surface area (Å²) in [5.74, 6) is -0.859. The van der Waals surface area contributed by atoms with E-state index < -0.39 is 17.6 Å². The first kappa shape index (κ1) is 15.2. The van der Waals surface area contributed by atoms with Crippen LogP contribution in [0.2, 0.25) is 0 Å². The van der Waals surface area contributed by atoms with Gasteiger partial charge >= 0.3 is 6.18 Å². The molecule has 1 aromatic carbocycles. The fraction of sp³-hybridized carbons (Fsp3) is 0.455. The van der Waals surface area contributed by atoms with Crippen molar-refractivity contribution in [2.75, 3.05) is 19.6 Å². The molecule has 1 aromatic rings. The maximum atomic E-state index is 13.2. The Kier molecular flexibility index (Phi) is 4.95. The topological polar surface area (TPSA) is 24.1 Å². The number of piperazine rings is 1. The van der Waals surface area contributed by atoms with Crippen LogP contribution in [0.15, 0.2) is 18.2 Å². The zero-order valence-electron chi connectivity index (χ0n) is 9.35. The van der Waals surface area contributed by atoms with E-state index in [0.717, 1.165) is 18.7 Å². The molecule has 18 heavy (non-hydrogen) atoms. The van der Waals surface area contributed by atoms with Crippen molar-refractivity contribution in [3.05, 3.63) is 35.1 Å². The molecule has 1 fully saturated rings. The monoisotopic (exact) mass is 284 g/mol. The molecular formula is C11H13ClF4N2. The molecule has 2 nitrogen and oxygen atoms in total. The van der Waals surface area contributed by atoms with Crippen LogP contribution in [-0.2, 0) is 6.18 Å². The van der Waals surface area contributed by atoms with Crippen LogP contribution in [0.1, 0.15) is 17.2 Å². The van der Waals surface area contributed by atoms with Crippen LogP contribution in [0, 0.1) is 5.82 Å². The molecule has 1 atom stereocenters. The highest BCUT2D eigenvalue weighted by Gasteiger charge is 2.32. The van der Waals surface area contributed by atoms with Crippen molar-refractivity contribution >= 4 is 12.4 Å². The van der Waals surface area contributed by atoms with Gasteiger partial charge in [-0.3, -0.25) is 0 Å². The Morgan fingerprint density at radius 2 is 1.83 bits per heavy atom. The zero-order valence-corrected chi connectivity index (χ0v) is 10.2. The SMILES string of the molecule is Cl.Fc1cc([C@H]2CNCCN2)cc(C(F)(F)F)c1. The van der Waals surface area contributed by atoms with E-state index in [1.807, 2.05) is 0 Å². The van der Waals surface area contributed by atoms with Gasteiger partial charge in [0, 0.05) is 25.7 Å². The van der Waals surface area contributed by atoms with Gasteiger partial charge in [-0.05, 0) is 23.8 Å². The van der Waals surface area contributed by atoms with E-state index in [4.69, 9.17) is 0 Å². The van der Waals surface area contributed by atoms with Gasteiger partial charge in [0.05, 0.1) is 5.56 Å². The molecule has 1 aliphatic rings. The largest absolute Gasteiger partial charge is 0.416 e. The van der Waals surface area contributed by atoms with Gasteiger partial charge in [-0.1, -0.05) is 0 Å². The van der Waals surface area contributed by atoms with Crippen LogP contribution in [0.4, 0.5) is 17.6 Å². The third-order valence-electron chi connectivity index (χ3n) is 2.69. The fourth-order valence-electron chi connectivity index (χ4n) is 1.87. The zero-order chi connectivity index (χ0) is 12.5. The quantitative estimate of drug-likeness (QED) is 0.774. The van der Waals surface area contributed by atoms with Gasteiger partial charge < -0.3 is 10.6 Å². The second-order valence-corrected chi connectivity index (χ2v) is 3.98. The molecule has 1 aliphatic heterocycles. The van der Waals surface area contributed by atoms with Crippen LogP contribution in [0.5, 0.6) is 0 Å². The third kappa shape index (κ3) is 3.57. The van der Waals surface area contributed by atoms with Crippen molar-refractivity contribution < 1.29 is 17.6 Å². The van der Waals surface area contributed by atoms with Crippen molar-refractivity contribution in [3.8, 4) is 0 Å². The Labute approximate surface area is 108 Å². The summed E-state index contributed by atoms with van der Waals surface area (Å²) in [7, 11) is 0. The predicted octanol–water partition coefficient (Wildman–Crippen LogP) is 2.50. The van der Waals surface area contributed by atoms with E-state index >= 15 is 0 Å². The lowest BCUT2D eigenvalue weighted by atomic mass is 10.0. The minimum Gasteiger partial charge on any atom is -0.314 e. The maximum absolute atomic E-state index is 13.2. The van der Waals surface area contributed by atoms with E-state index in [-0.39, 0.29) is 18.4 Å². The lowest BCUT2D eigenvalue weighted by Crippen LogP contribution is -2.42. The Morgan fingerprint density at radius 3 is 2.39 bits per heavy atom. The lowest BCUT2D eigenvalue weighted by molar-refractivity contribution is -0.137. The average Bonchev–Trinajstić information content (AvgIpc) is 2.28. The van der Waals surface area contributed by atoms with E-state index in [2.05, 4.69) is 10.6 Å². The van der Waals surface area contributed by atoms with Crippen molar-refractivity contribution in [2.24, 2.45) is 0 Å². The molecule has 0 radical (unpaired) electrons. The fourth-order valence-corrected chi connectivity index (χ4v) is 1.87. The summed E-state index contributed by atoms with van der Waals surface area (Å²) >= 11 is 0. The van der Waals surface area contributed by atoms with Crippen molar-refractivity contribution in [3.63, 3.8) is 0 Å². The van der Waals surface area contributed by atoms with E-state index in [1.165, 1.54) is 0 Å². The Bertz CT molecular complexity index is 403. The molecule has 0 amide bonds. The molecule has 0 bridgehead atoms. The standard InChI is InChI=1S/C11H12F4N2.ClH/c12-9-4-7(10-6-16-1-2-17-10)3-8(5-9)11(13,14)15;/h3-5,10,16-17H,1-2,6H2;1H/t10-;/m1./s1. The van der Waals surface area contributed by atoms with Crippen LogP contribution < -0.4 is 10.6 Å². The number of hydrogen-bond acceptors (Lipinski definition) is 2. The highest BCUT2D eigenvalue weighted by Crippen LogP contribution is 2.31. The first-order chi connectivity index (χ1) is 7.97. The van der Waals surface area contributed by atoms with Gasteiger partial charge in [0.1, 0.15) is 5.82 Å². The molecule has 0 unspecified atom stereocenters. The first-order valence-corrected chi connectivity index (χ1v) is 5.28. The molecule has 0 aliphatic carbocycles. The smallest absolute Gasteiger partial charge is 0.314 e. The lowest BCUT2D eigenvalue weighted by Gasteiger charge is -2.25. The molecule has 0 spiro atoms. The molecule has 0 saturated carbocycles. The Morgan fingerprint density at radius 1 is 1.11 bits per heavy atom. The normalized spacial score (nSPS) is 20.3. The van der Waals surface area contributed by atoms with Gasteiger partial charge in [0.15, 0.2) is 0 Å². The summed E-state index contributed by atoms with van der Waals surface area (Å²) in [6.45, 7) is 1.92. The second kappa shape index (κ2) is 5.86. The highest BCUT2D eigenvalue weighted by molar-refractivity contribution is 5.85. The molecule has 2 N–H and O–H groups in total. The van der Waals surface area contributed by atoms with Gasteiger partial charge in [0.2, 0.25) is 0 Å². The van der Waals surface area contributed by atoms with Gasteiger partial charge in [-0.2, -0.15) is 13.2 Å². The van der Waals surface area contributed by atoms with Crippen LogP contribution >= 0.6 is 12.4 Å². The van der Waals surface area contributed by atoms with Crippen molar-refractivity contribution in [1.29, 1.82) is 0 Å². The van der Waals surface area contributed by atoms with Crippen molar-refractivity contribution in [2.45, 2.75) is 12.2 Å². The molecule has 1 saturated heterocycles. The molecule has 2 rings (SSSR count). The van der Waals surface area contributed by atoms with Crippen LogP contribution in [0.25, 0.3) is 0 Å². The molecule has 7 heteroatoms. The summed E-state index contributed by atoms with van der Waals surface area (Å²) in [6.07, 6.45) is -4.51. The molecule has 1 heterocycles. The molecule has 0 aromatic heterocycles. The minimum absolute atomic E-state index is 0. The predicted molar refractivity (Wildman–Crippen MR) is 62.3 cm³/mol. The second-order valence-electron chi connectivity index (χ2n) is 3.98. The van der Waals surface area contributed by atoms with Gasteiger partial charge in [0.25, 0.3) is 0 Å². The number of benzene rings is 1. The third-order valence-corrected chi connectivity index (χ3v) is 2.69. The first-order valence-electron chi connectivity index (χ1n) is 5.28. The summed E-state index contributed by atoms with van der Waals surface area (Å²) in [4.78, 5) is 0. The van der Waals surface area contributed by atoms with Crippen LogP contribution in [0.3, 0.4) is 0 Å². The number of nitrogens with one attached hydrogen (secondary N) is 2. The minimum atomic E-state index is -4.51. The summed E-state index contributed by atoms with van der Waals surface area (Å²) < 4.78 is 50.7. The molecule has 102 valence electrons. The maximum Gasteiger partial charge on any atom is 0.416 e. The number of halogens is 5. The van der Waals surface area contributed by atoms with Gasteiger partial charge in [-0.15, -0.1) is 12.4 Å². The Balaban J connectivity index is 0.00000162. The molecular weight excluding hydrogens is 272 g/mol. The van der Waals surface area contributed by atoms with E-state index in [0.29, 0.717) is 24.7 Å². The Hall–Kier alpha value is -0.850. The average molecular weight is 285 g/mol. The van der Waals surface area contributed by atoms with Crippen molar-refractivity contribution in [1.82, 2.24) is 10.6 Å². The van der Waals surface area contributed by atoms with E-state index in [9.17, 15) is 17.6 Å². The number of alkyl halides is 3. The summed E-state index contributed by atoms with van der Waals surface area (Å²) in [5, 5.41) is 6.09. The van der Waals surface area contributed by atoms with E-state index in [1.54, 1.807) is 0 Å². The number of rotatable bonds is 1. The number of hydrogen-bond donors (Lipinski definition) is 2. The summed E-state index contributed by atoms with van der Waals surface area (Å²) in [6, 6.07) is 2.37.